The van der Waals surface area contributed by atoms with Crippen LogP contribution >= 0.6 is 23.1 Å². The van der Waals surface area contributed by atoms with Gasteiger partial charge >= 0.3 is 0 Å². The minimum Gasteiger partial charge on any atom is -0.311 e. The van der Waals surface area contributed by atoms with Crippen molar-refractivity contribution in [2.75, 3.05) is 6.54 Å². The molecule has 0 saturated heterocycles. The molecule has 3 aromatic heterocycles. The molecule has 0 amide bonds. The van der Waals surface area contributed by atoms with E-state index < -0.39 is 0 Å². The van der Waals surface area contributed by atoms with Crippen LogP contribution in [-0.4, -0.2) is 20.9 Å². The molecule has 0 saturated carbocycles. The van der Waals surface area contributed by atoms with Crippen LogP contribution in [0.4, 0.5) is 0 Å². The highest BCUT2D eigenvalue weighted by Gasteiger charge is 2.14. The molecule has 0 spiro atoms. The number of imidazole rings is 1. The van der Waals surface area contributed by atoms with Crippen LogP contribution in [0.5, 0.6) is 0 Å². The van der Waals surface area contributed by atoms with Crippen molar-refractivity contribution in [3.8, 4) is 0 Å². The van der Waals surface area contributed by atoms with Crippen LogP contribution in [-0.2, 0) is 6.54 Å². The highest BCUT2D eigenvalue weighted by atomic mass is 32.2. The molecule has 0 atom stereocenters. The van der Waals surface area contributed by atoms with E-state index in [4.69, 9.17) is 0 Å². The Labute approximate surface area is 119 Å². The summed E-state index contributed by atoms with van der Waals surface area (Å²) in [5.41, 5.74) is 1.20. The third-order valence-electron chi connectivity index (χ3n) is 2.71. The molecular weight excluding hydrogens is 276 g/mol. The molecule has 0 radical (unpaired) electrons. The standard InChI is InChI=1S/C13H14N4S2/c1-2-14-9-10-12(16-13-17(10)7-8-18-13)19-11-5-3-4-6-15-11/h3-8,14H,2,9H2,1H3. The quantitative estimate of drug-likeness (QED) is 0.784. The summed E-state index contributed by atoms with van der Waals surface area (Å²) in [6.45, 7) is 3.88. The van der Waals surface area contributed by atoms with Gasteiger partial charge in [-0.25, -0.2) is 9.97 Å². The molecule has 19 heavy (non-hydrogen) atoms. The van der Waals surface area contributed by atoms with Crippen LogP contribution in [0.3, 0.4) is 0 Å². The fraction of sp³-hybridized carbons (Fsp3) is 0.231. The van der Waals surface area contributed by atoms with Gasteiger partial charge in [-0.3, -0.25) is 4.40 Å². The second kappa shape index (κ2) is 5.73. The molecule has 0 fully saturated rings. The van der Waals surface area contributed by atoms with Crippen molar-refractivity contribution >= 4 is 28.1 Å². The van der Waals surface area contributed by atoms with E-state index in [0.29, 0.717) is 0 Å². The maximum absolute atomic E-state index is 4.69. The first-order chi connectivity index (χ1) is 9.38. The molecule has 0 bridgehead atoms. The van der Waals surface area contributed by atoms with Crippen molar-refractivity contribution in [3.63, 3.8) is 0 Å². The van der Waals surface area contributed by atoms with Crippen LogP contribution in [0.2, 0.25) is 0 Å². The van der Waals surface area contributed by atoms with E-state index in [0.717, 1.165) is 28.1 Å². The number of fused-ring (bicyclic) bond motifs is 1. The molecule has 3 heterocycles. The number of hydrogen-bond acceptors (Lipinski definition) is 5. The smallest absolute Gasteiger partial charge is 0.194 e. The fourth-order valence-corrected chi connectivity index (χ4v) is 3.47. The van der Waals surface area contributed by atoms with Crippen LogP contribution in [0.1, 0.15) is 12.6 Å². The van der Waals surface area contributed by atoms with Crippen LogP contribution in [0.25, 0.3) is 4.96 Å². The maximum Gasteiger partial charge on any atom is 0.194 e. The van der Waals surface area contributed by atoms with E-state index in [1.165, 1.54) is 5.69 Å². The Morgan fingerprint density at radius 3 is 3.16 bits per heavy atom. The minimum atomic E-state index is 0.823. The van der Waals surface area contributed by atoms with Gasteiger partial charge in [0.25, 0.3) is 0 Å². The lowest BCUT2D eigenvalue weighted by atomic mass is 10.4. The summed E-state index contributed by atoms with van der Waals surface area (Å²) >= 11 is 3.28. The first kappa shape index (κ1) is 12.7. The number of nitrogens with one attached hydrogen (secondary N) is 1. The summed E-state index contributed by atoms with van der Waals surface area (Å²) in [7, 11) is 0. The van der Waals surface area contributed by atoms with Gasteiger partial charge in [0, 0.05) is 24.3 Å². The molecule has 0 aromatic carbocycles. The summed E-state index contributed by atoms with van der Waals surface area (Å²) in [5.74, 6) is 0. The molecule has 0 aliphatic rings. The lowest BCUT2D eigenvalue weighted by Gasteiger charge is -2.04. The van der Waals surface area contributed by atoms with Crippen molar-refractivity contribution < 1.29 is 0 Å². The zero-order valence-electron chi connectivity index (χ0n) is 10.5. The zero-order valence-corrected chi connectivity index (χ0v) is 12.2. The molecule has 1 N–H and O–H groups in total. The maximum atomic E-state index is 4.69. The molecule has 0 unspecified atom stereocenters. The Morgan fingerprint density at radius 1 is 1.42 bits per heavy atom. The average molecular weight is 290 g/mol. The fourth-order valence-electron chi connectivity index (χ4n) is 1.81. The molecule has 0 aliphatic heterocycles. The monoisotopic (exact) mass is 290 g/mol. The average Bonchev–Trinajstić information content (AvgIpc) is 2.99. The Hall–Kier alpha value is -1.37. The summed E-state index contributed by atoms with van der Waals surface area (Å²) in [6, 6.07) is 5.93. The summed E-state index contributed by atoms with van der Waals surface area (Å²) < 4.78 is 2.15. The Balaban J connectivity index is 1.95. The first-order valence-corrected chi connectivity index (χ1v) is 7.82. The number of thiazole rings is 1. The number of pyridine rings is 1. The van der Waals surface area contributed by atoms with Gasteiger partial charge in [-0.05, 0) is 30.4 Å². The van der Waals surface area contributed by atoms with Crippen molar-refractivity contribution in [1.29, 1.82) is 0 Å². The summed E-state index contributed by atoms with van der Waals surface area (Å²) in [4.78, 5) is 10.1. The van der Waals surface area contributed by atoms with Gasteiger partial charge in [0.05, 0.1) is 5.69 Å². The predicted octanol–water partition coefficient (Wildman–Crippen LogP) is 3.05. The molecule has 3 aromatic rings. The van der Waals surface area contributed by atoms with E-state index >= 15 is 0 Å². The third-order valence-corrected chi connectivity index (χ3v) is 4.43. The topological polar surface area (TPSA) is 42.2 Å². The van der Waals surface area contributed by atoms with Crippen molar-refractivity contribution in [2.45, 2.75) is 23.5 Å². The molecule has 6 heteroatoms. The van der Waals surface area contributed by atoms with Crippen LogP contribution < -0.4 is 5.32 Å². The van der Waals surface area contributed by atoms with Gasteiger partial charge in [0.2, 0.25) is 0 Å². The normalized spacial score (nSPS) is 11.2. The lowest BCUT2D eigenvalue weighted by Crippen LogP contribution is -2.13. The SMILES string of the molecule is CCNCc1c(Sc2ccccn2)nc2sccn12. The van der Waals surface area contributed by atoms with Crippen molar-refractivity contribution in [3.05, 3.63) is 41.7 Å². The Bertz CT molecular complexity index is 660. The first-order valence-electron chi connectivity index (χ1n) is 6.12. The molecular formula is C13H14N4S2. The Kier molecular flexibility index (Phi) is 3.82. The highest BCUT2D eigenvalue weighted by Crippen LogP contribution is 2.30. The van der Waals surface area contributed by atoms with Crippen LogP contribution in [0.15, 0.2) is 46.0 Å². The number of hydrogen-bond donors (Lipinski definition) is 1. The largest absolute Gasteiger partial charge is 0.311 e. The summed E-state index contributed by atoms with van der Waals surface area (Å²) in [5, 5.41) is 7.44. The van der Waals surface area contributed by atoms with Gasteiger partial charge in [-0.2, -0.15) is 0 Å². The highest BCUT2D eigenvalue weighted by molar-refractivity contribution is 7.99. The van der Waals surface area contributed by atoms with E-state index in [-0.39, 0.29) is 0 Å². The minimum absolute atomic E-state index is 0.823. The van der Waals surface area contributed by atoms with Crippen molar-refractivity contribution in [2.24, 2.45) is 0 Å². The van der Waals surface area contributed by atoms with E-state index in [1.807, 2.05) is 24.4 Å². The van der Waals surface area contributed by atoms with Gasteiger partial charge in [0.15, 0.2) is 4.96 Å². The van der Waals surface area contributed by atoms with Crippen molar-refractivity contribution in [1.82, 2.24) is 19.7 Å². The van der Waals surface area contributed by atoms with Gasteiger partial charge < -0.3 is 5.32 Å². The second-order valence-corrected chi connectivity index (χ2v) is 5.85. The number of rotatable bonds is 5. The zero-order chi connectivity index (χ0) is 13.1. The van der Waals surface area contributed by atoms with E-state index in [1.54, 1.807) is 23.1 Å². The van der Waals surface area contributed by atoms with E-state index in [9.17, 15) is 0 Å². The predicted molar refractivity (Wildman–Crippen MR) is 78.8 cm³/mol. The third kappa shape index (κ3) is 2.65. The second-order valence-electron chi connectivity index (χ2n) is 3.97. The number of aromatic nitrogens is 3. The molecule has 4 nitrogen and oxygen atoms in total. The van der Waals surface area contributed by atoms with Crippen LogP contribution in [0, 0.1) is 0 Å². The number of nitrogens with zero attached hydrogens (tertiary/aromatic N) is 3. The Morgan fingerprint density at radius 2 is 2.37 bits per heavy atom. The van der Waals surface area contributed by atoms with Gasteiger partial charge in [-0.15, -0.1) is 11.3 Å². The van der Waals surface area contributed by atoms with E-state index in [2.05, 4.69) is 38.2 Å². The lowest BCUT2D eigenvalue weighted by molar-refractivity contribution is 0.694. The summed E-state index contributed by atoms with van der Waals surface area (Å²) in [6.07, 6.45) is 3.88. The van der Waals surface area contributed by atoms with Gasteiger partial charge in [-0.1, -0.05) is 13.0 Å². The molecule has 3 rings (SSSR count). The molecule has 98 valence electrons. The van der Waals surface area contributed by atoms with Gasteiger partial charge in [0.1, 0.15) is 10.1 Å². The molecule has 0 aliphatic carbocycles.